The molecule has 5 heteroatoms. The fraction of sp³-hybridized carbons (Fsp3) is 0.278. The van der Waals surface area contributed by atoms with Crippen molar-refractivity contribution in [2.24, 2.45) is 0 Å². The Morgan fingerprint density at radius 2 is 1.91 bits per heavy atom. The first kappa shape index (κ1) is 18.8. The Hall–Kier alpha value is -2.20. The number of benzene rings is 2. The maximum Gasteiger partial charge on any atom is 0.220 e. The molecule has 0 unspecified atom stereocenters. The molecule has 0 aliphatic rings. The maximum atomic E-state index is 12.0. The smallest absolute Gasteiger partial charge is 0.220 e. The first-order chi connectivity index (χ1) is 10.6. The second kappa shape index (κ2) is 9.06. The van der Waals surface area contributed by atoms with Crippen LogP contribution in [0.3, 0.4) is 0 Å². The second-order valence-corrected chi connectivity index (χ2v) is 5.29. The third-order valence-corrected chi connectivity index (χ3v) is 3.60. The number of ether oxygens (including phenoxy) is 1. The summed E-state index contributed by atoms with van der Waals surface area (Å²) in [5, 5.41) is 2.92. The minimum absolute atomic E-state index is 0. The van der Waals surface area contributed by atoms with Crippen LogP contribution in [0.25, 0.3) is 0 Å². The van der Waals surface area contributed by atoms with Crippen molar-refractivity contribution in [3.8, 4) is 5.75 Å². The number of aryl methyl sites for hydroxylation is 2. The molecule has 2 aromatic rings. The molecule has 0 radical (unpaired) electrons. The largest absolute Gasteiger partial charge is 0.496 e. The van der Waals surface area contributed by atoms with E-state index in [1.165, 1.54) is 0 Å². The van der Waals surface area contributed by atoms with Gasteiger partial charge in [0.1, 0.15) is 5.75 Å². The van der Waals surface area contributed by atoms with E-state index in [0.717, 1.165) is 28.1 Å². The zero-order chi connectivity index (χ0) is 15.9. The van der Waals surface area contributed by atoms with Gasteiger partial charge in [-0.05, 0) is 36.6 Å². The van der Waals surface area contributed by atoms with Gasteiger partial charge >= 0.3 is 0 Å². The lowest BCUT2D eigenvalue weighted by Gasteiger charge is -2.11. The van der Waals surface area contributed by atoms with Crippen molar-refractivity contribution in [2.75, 3.05) is 12.8 Å². The predicted molar refractivity (Wildman–Crippen MR) is 96.0 cm³/mol. The standard InChI is InChI=1S/C18H22N2O2.ClH/c1-13-7-8-15(17(11-13)22-2)12-20-18(21)10-9-14-5-3-4-6-16(14)19;/h3-8,11H,9-10,12,19H2,1-2H3,(H,20,21);1H. The van der Waals surface area contributed by atoms with Gasteiger partial charge in [-0.2, -0.15) is 0 Å². The monoisotopic (exact) mass is 334 g/mol. The summed E-state index contributed by atoms with van der Waals surface area (Å²) in [7, 11) is 1.64. The van der Waals surface area contributed by atoms with Crippen LogP contribution in [0.15, 0.2) is 42.5 Å². The van der Waals surface area contributed by atoms with Crippen LogP contribution in [0.4, 0.5) is 5.69 Å². The van der Waals surface area contributed by atoms with Gasteiger partial charge in [0, 0.05) is 24.2 Å². The van der Waals surface area contributed by atoms with E-state index in [9.17, 15) is 4.79 Å². The Labute approximate surface area is 143 Å². The number of para-hydroxylation sites is 1. The first-order valence-electron chi connectivity index (χ1n) is 7.33. The van der Waals surface area contributed by atoms with Crippen molar-refractivity contribution in [3.63, 3.8) is 0 Å². The van der Waals surface area contributed by atoms with Crippen LogP contribution in [0.2, 0.25) is 0 Å². The highest BCUT2D eigenvalue weighted by Gasteiger charge is 2.07. The summed E-state index contributed by atoms with van der Waals surface area (Å²) in [5.41, 5.74) is 9.72. The number of hydrogen-bond acceptors (Lipinski definition) is 3. The minimum atomic E-state index is 0. The van der Waals surface area contributed by atoms with E-state index in [2.05, 4.69) is 5.32 Å². The van der Waals surface area contributed by atoms with Gasteiger partial charge in [0.15, 0.2) is 0 Å². The lowest BCUT2D eigenvalue weighted by Crippen LogP contribution is -2.23. The van der Waals surface area contributed by atoms with E-state index in [4.69, 9.17) is 10.5 Å². The summed E-state index contributed by atoms with van der Waals surface area (Å²) in [6.07, 6.45) is 1.06. The molecule has 0 heterocycles. The summed E-state index contributed by atoms with van der Waals surface area (Å²) < 4.78 is 5.34. The van der Waals surface area contributed by atoms with Gasteiger partial charge < -0.3 is 15.8 Å². The molecule has 0 spiro atoms. The SMILES string of the molecule is COc1cc(C)ccc1CNC(=O)CCc1ccccc1N.Cl. The third kappa shape index (κ3) is 5.49. The number of amides is 1. The molecule has 0 bridgehead atoms. The summed E-state index contributed by atoms with van der Waals surface area (Å²) in [5.74, 6) is 0.804. The van der Waals surface area contributed by atoms with Gasteiger partial charge in [-0.1, -0.05) is 30.3 Å². The lowest BCUT2D eigenvalue weighted by molar-refractivity contribution is -0.121. The van der Waals surface area contributed by atoms with Crippen LogP contribution in [0.1, 0.15) is 23.1 Å². The van der Waals surface area contributed by atoms with E-state index < -0.39 is 0 Å². The molecule has 0 fully saturated rings. The zero-order valence-corrected chi connectivity index (χ0v) is 14.3. The Bertz CT molecular complexity index is 659. The molecule has 0 atom stereocenters. The average molecular weight is 335 g/mol. The second-order valence-electron chi connectivity index (χ2n) is 5.29. The highest BCUT2D eigenvalue weighted by Crippen LogP contribution is 2.19. The molecule has 0 aliphatic heterocycles. The van der Waals surface area contributed by atoms with Gasteiger partial charge in [-0.25, -0.2) is 0 Å². The highest BCUT2D eigenvalue weighted by atomic mass is 35.5. The van der Waals surface area contributed by atoms with Crippen molar-refractivity contribution in [1.29, 1.82) is 0 Å². The van der Waals surface area contributed by atoms with Gasteiger partial charge in [0.25, 0.3) is 0 Å². The molecule has 124 valence electrons. The molecule has 3 N–H and O–H groups in total. The van der Waals surface area contributed by atoms with Crippen molar-refractivity contribution < 1.29 is 9.53 Å². The van der Waals surface area contributed by atoms with Crippen LogP contribution in [-0.2, 0) is 17.8 Å². The number of anilines is 1. The average Bonchev–Trinajstić information content (AvgIpc) is 2.52. The van der Waals surface area contributed by atoms with Crippen molar-refractivity contribution in [1.82, 2.24) is 5.32 Å². The van der Waals surface area contributed by atoms with E-state index >= 15 is 0 Å². The number of nitrogens with one attached hydrogen (secondary N) is 1. The van der Waals surface area contributed by atoms with Gasteiger partial charge in [-0.3, -0.25) is 4.79 Å². The predicted octanol–water partition coefficient (Wildman–Crippen LogP) is 3.26. The summed E-state index contributed by atoms with van der Waals surface area (Å²) >= 11 is 0. The van der Waals surface area contributed by atoms with Gasteiger partial charge in [0.2, 0.25) is 5.91 Å². The molecule has 0 aliphatic carbocycles. The number of nitrogen functional groups attached to an aromatic ring is 1. The number of carbonyl (C=O) groups is 1. The minimum Gasteiger partial charge on any atom is -0.496 e. The first-order valence-corrected chi connectivity index (χ1v) is 7.33. The molecule has 2 aromatic carbocycles. The summed E-state index contributed by atoms with van der Waals surface area (Å²) in [6.45, 7) is 2.47. The molecule has 0 aromatic heterocycles. The molecule has 2 rings (SSSR count). The number of rotatable bonds is 6. The molecule has 0 saturated heterocycles. The molecule has 1 amide bonds. The van der Waals surface area contributed by atoms with Crippen molar-refractivity contribution in [3.05, 3.63) is 59.2 Å². The highest BCUT2D eigenvalue weighted by molar-refractivity contribution is 5.85. The Morgan fingerprint density at radius 1 is 1.17 bits per heavy atom. The van der Waals surface area contributed by atoms with E-state index in [-0.39, 0.29) is 18.3 Å². The number of nitrogens with two attached hydrogens (primary N) is 1. The topological polar surface area (TPSA) is 64.3 Å². The fourth-order valence-electron chi connectivity index (χ4n) is 2.29. The van der Waals surface area contributed by atoms with Crippen LogP contribution < -0.4 is 15.8 Å². The number of methoxy groups -OCH3 is 1. The molecule has 4 nitrogen and oxygen atoms in total. The molecular weight excluding hydrogens is 312 g/mol. The van der Waals surface area contributed by atoms with Crippen LogP contribution in [0.5, 0.6) is 5.75 Å². The summed E-state index contributed by atoms with van der Waals surface area (Å²) in [6, 6.07) is 13.6. The maximum absolute atomic E-state index is 12.0. The molecule has 23 heavy (non-hydrogen) atoms. The van der Waals surface area contributed by atoms with Gasteiger partial charge in [0.05, 0.1) is 7.11 Å². The van der Waals surface area contributed by atoms with Crippen molar-refractivity contribution >= 4 is 24.0 Å². The van der Waals surface area contributed by atoms with Crippen LogP contribution in [0, 0.1) is 6.92 Å². The zero-order valence-electron chi connectivity index (χ0n) is 13.5. The number of halogens is 1. The van der Waals surface area contributed by atoms with E-state index in [1.54, 1.807) is 7.11 Å². The Kier molecular flexibility index (Phi) is 7.42. The third-order valence-electron chi connectivity index (χ3n) is 3.60. The Morgan fingerprint density at radius 3 is 2.61 bits per heavy atom. The molecular formula is C18H23ClN2O2. The normalized spacial score (nSPS) is 9.83. The molecule has 0 saturated carbocycles. The van der Waals surface area contributed by atoms with E-state index in [1.807, 2.05) is 49.4 Å². The number of carbonyl (C=O) groups excluding carboxylic acids is 1. The lowest BCUT2D eigenvalue weighted by atomic mass is 10.1. The fourth-order valence-corrected chi connectivity index (χ4v) is 2.29. The van der Waals surface area contributed by atoms with Crippen LogP contribution in [-0.4, -0.2) is 13.0 Å². The number of hydrogen-bond donors (Lipinski definition) is 2. The van der Waals surface area contributed by atoms with Crippen molar-refractivity contribution in [2.45, 2.75) is 26.3 Å². The quantitative estimate of drug-likeness (QED) is 0.797. The summed E-state index contributed by atoms with van der Waals surface area (Å²) in [4.78, 5) is 12.0. The van der Waals surface area contributed by atoms with Crippen LogP contribution >= 0.6 is 12.4 Å². The Balaban J connectivity index is 0.00000264. The van der Waals surface area contributed by atoms with E-state index in [0.29, 0.717) is 19.4 Å². The van der Waals surface area contributed by atoms with Gasteiger partial charge in [-0.15, -0.1) is 12.4 Å².